The molecule has 8 heteroatoms. The minimum Gasteiger partial charge on any atom is -0.382 e. The molecule has 3 heterocycles. The molecule has 1 saturated carbocycles. The Kier molecular flexibility index (Phi) is 4.50. The smallest absolute Gasteiger partial charge is 0.255 e. The fraction of sp³-hybridized carbons (Fsp3) is 0.500. The predicted molar refractivity (Wildman–Crippen MR) is 97.8 cm³/mol. The fourth-order valence-corrected chi connectivity index (χ4v) is 3.37. The van der Waals surface area contributed by atoms with Gasteiger partial charge >= 0.3 is 0 Å². The van der Waals surface area contributed by atoms with Crippen molar-refractivity contribution in [3.8, 4) is 0 Å². The van der Waals surface area contributed by atoms with Crippen LogP contribution in [0.4, 0.5) is 11.6 Å². The van der Waals surface area contributed by atoms with Crippen LogP contribution in [-0.2, 0) is 11.3 Å². The molecule has 2 aromatic rings. The third-order valence-corrected chi connectivity index (χ3v) is 4.97. The summed E-state index contributed by atoms with van der Waals surface area (Å²) in [5.41, 5.74) is 6.28. The number of methoxy groups -OCH3 is 1. The van der Waals surface area contributed by atoms with Gasteiger partial charge in [-0.15, -0.1) is 0 Å². The number of pyridine rings is 1. The highest BCUT2D eigenvalue weighted by Gasteiger charge is 2.36. The lowest BCUT2D eigenvalue weighted by Gasteiger charge is -2.24. The molecule has 0 spiro atoms. The van der Waals surface area contributed by atoms with Crippen LogP contribution in [0.25, 0.3) is 0 Å². The SMILES string of the molecule is CO[C@H]1C[C@@H](Cn2ccc(N)n2)N(C(=O)c2ccc(NC3CC3)nc2)C1. The average molecular weight is 356 g/mol. The van der Waals surface area contributed by atoms with E-state index in [4.69, 9.17) is 10.5 Å². The van der Waals surface area contributed by atoms with E-state index in [-0.39, 0.29) is 18.1 Å². The Labute approximate surface area is 152 Å². The van der Waals surface area contributed by atoms with E-state index in [9.17, 15) is 4.79 Å². The minimum atomic E-state index is -0.0276. The van der Waals surface area contributed by atoms with Gasteiger partial charge in [-0.25, -0.2) is 4.98 Å². The molecule has 0 aromatic carbocycles. The van der Waals surface area contributed by atoms with Crippen LogP contribution in [-0.4, -0.2) is 57.4 Å². The van der Waals surface area contributed by atoms with E-state index in [0.717, 1.165) is 12.2 Å². The molecule has 1 aliphatic heterocycles. The van der Waals surface area contributed by atoms with Crippen LogP contribution in [0.3, 0.4) is 0 Å². The van der Waals surface area contributed by atoms with E-state index in [0.29, 0.717) is 30.5 Å². The number of anilines is 2. The summed E-state index contributed by atoms with van der Waals surface area (Å²) >= 11 is 0. The average Bonchev–Trinajstić information content (AvgIpc) is 3.22. The number of likely N-dealkylation sites (tertiary alicyclic amines) is 1. The molecule has 0 unspecified atom stereocenters. The predicted octanol–water partition coefficient (Wildman–Crippen LogP) is 1.36. The lowest BCUT2D eigenvalue weighted by Crippen LogP contribution is -2.38. The van der Waals surface area contributed by atoms with Crippen molar-refractivity contribution < 1.29 is 9.53 Å². The summed E-state index contributed by atoms with van der Waals surface area (Å²) in [5.74, 6) is 1.27. The lowest BCUT2D eigenvalue weighted by atomic mass is 10.2. The van der Waals surface area contributed by atoms with Gasteiger partial charge in [-0.05, 0) is 37.5 Å². The molecule has 2 aromatic heterocycles. The van der Waals surface area contributed by atoms with E-state index in [1.165, 1.54) is 12.8 Å². The van der Waals surface area contributed by atoms with E-state index in [1.807, 2.05) is 23.2 Å². The van der Waals surface area contributed by atoms with Gasteiger partial charge in [0.2, 0.25) is 0 Å². The number of hydrogen-bond acceptors (Lipinski definition) is 6. The number of aromatic nitrogens is 3. The fourth-order valence-electron chi connectivity index (χ4n) is 3.37. The first-order valence-electron chi connectivity index (χ1n) is 8.97. The third-order valence-electron chi connectivity index (χ3n) is 4.97. The Bertz CT molecular complexity index is 770. The molecule has 4 rings (SSSR count). The number of nitrogen functional groups attached to an aromatic ring is 1. The standard InChI is InChI=1S/C18H24N6O2/c1-26-15-8-14(10-23-7-6-16(19)22-23)24(11-15)18(25)12-2-5-17(20-9-12)21-13-3-4-13/h2,5-7,9,13-15H,3-4,8,10-11H2,1H3,(H2,19,22)(H,20,21)/t14-,15-/m0/s1. The number of carbonyl (C=O) groups excluding carboxylic acids is 1. The number of nitrogens with one attached hydrogen (secondary N) is 1. The first kappa shape index (κ1) is 16.8. The van der Waals surface area contributed by atoms with E-state index < -0.39 is 0 Å². The third kappa shape index (κ3) is 3.65. The van der Waals surface area contributed by atoms with Gasteiger partial charge in [-0.2, -0.15) is 5.10 Å². The van der Waals surface area contributed by atoms with Crippen LogP contribution >= 0.6 is 0 Å². The van der Waals surface area contributed by atoms with Gasteiger partial charge in [0.15, 0.2) is 0 Å². The Hall–Kier alpha value is -2.61. The maximum atomic E-state index is 13.0. The summed E-state index contributed by atoms with van der Waals surface area (Å²) in [6.07, 6.45) is 6.66. The van der Waals surface area contributed by atoms with Crippen LogP contribution in [0.2, 0.25) is 0 Å². The molecule has 26 heavy (non-hydrogen) atoms. The first-order chi connectivity index (χ1) is 12.6. The number of nitrogens with two attached hydrogens (primary N) is 1. The van der Waals surface area contributed by atoms with Crippen molar-refractivity contribution in [3.63, 3.8) is 0 Å². The molecule has 0 radical (unpaired) electrons. The van der Waals surface area contributed by atoms with Crippen LogP contribution in [0, 0.1) is 0 Å². The number of nitrogens with zero attached hydrogens (tertiary/aromatic N) is 4. The van der Waals surface area contributed by atoms with Gasteiger partial charge < -0.3 is 20.7 Å². The van der Waals surface area contributed by atoms with Crippen molar-refractivity contribution in [3.05, 3.63) is 36.2 Å². The lowest BCUT2D eigenvalue weighted by molar-refractivity contribution is 0.0678. The van der Waals surface area contributed by atoms with E-state index in [1.54, 1.807) is 24.1 Å². The molecule has 0 bridgehead atoms. The molecule has 3 N–H and O–H groups in total. The largest absolute Gasteiger partial charge is 0.382 e. The summed E-state index contributed by atoms with van der Waals surface area (Å²) < 4.78 is 7.27. The van der Waals surface area contributed by atoms with Gasteiger partial charge in [0.05, 0.1) is 24.3 Å². The Balaban J connectivity index is 1.47. The number of ether oxygens (including phenoxy) is 1. The Morgan fingerprint density at radius 2 is 2.23 bits per heavy atom. The molecule has 1 saturated heterocycles. The Morgan fingerprint density at radius 3 is 2.85 bits per heavy atom. The highest BCUT2D eigenvalue weighted by Crippen LogP contribution is 2.25. The van der Waals surface area contributed by atoms with Crippen molar-refractivity contribution in [2.24, 2.45) is 0 Å². The Morgan fingerprint density at radius 1 is 1.38 bits per heavy atom. The zero-order chi connectivity index (χ0) is 18.1. The molecule has 1 aliphatic carbocycles. The number of amides is 1. The van der Waals surface area contributed by atoms with Crippen LogP contribution < -0.4 is 11.1 Å². The summed E-state index contributed by atoms with van der Waals surface area (Å²) in [4.78, 5) is 19.3. The quantitative estimate of drug-likeness (QED) is 0.811. The topological polar surface area (TPSA) is 98.3 Å². The zero-order valence-electron chi connectivity index (χ0n) is 14.8. The van der Waals surface area contributed by atoms with Crippen molar-refractivity contribution in [1.82, 2.24) is 19.7 Å². The molecular formula is C18H24N6O2. The summed E-state index contributed by atoms with van der Waals surface area (Å²) in [6, 6.07) is 6.01. The van der Waals surface area contributed by atoms with Crippen LogP contribution in [0.1, 0.15) is 29.6 Å². The molecule has 2 fully saturated rings. The zero-order valence-corrected chi connectivity index (χ0v) is 14.8. The van der Waals surface area contributed by atoms with Crippen molar-refractivity contribution in [2.75, 3.05) is 24.7 Å². The second-order valence-electron chi connectivity index (χ2n) is 7.02. The van der Waals surface area contributed by atoms with Crippen molar-refractivity contribution >= 4 is 17.5 Å². The van der Waals surface area contributed by atoms with Gasteiger partial charge in [-0.1, -0.05) is 0 Å². The highest BCUT2D eigenvalue weighted by atomic mass is 16.5. The van der Waals surface area contributed by atoms with E-state index >= 15 is 0 Å². The highest BCUT2D eigenvalue weighted by molar-refractivity contribution is 5.94. The summed E-state index contributed by atoms with van der Waals surface area (Å²) in [7, 11) is 1.68. The molecule has 1 amide bonds. The molecular weight excluding hydrogens is 332 g/mol. The minimum absolute atomic E-state index is 0.0102. The molecule has 2 aliphatic rings. The summed E-state index contributed by atoms with van der Waals surface area (Å²) in [6.45, 7) is 1.16. The maximum absolute atomic E-state index is 13.0. The molecule has 2 atom stereocenters. The normalized spacial score (nSPS) is 22.6. The molecule has 8 nitrogen and oxygen atoms in total. The monoisotopic (exact) mass is 356 g/mol. The van der Waals surface area contributed by atoms with Gasteiger partial charge in [0.1, 0.15) is 11.6 Å². The van der Waals surface area contributed by atoms with Crippen LogP contribution in [0.15, 0.2) is 30.6 Å². The maximum Gasteiger partial charge on any atom is 0.255 e. The second-order valence-corrected chi connectivity index (χ2v) is 7.02. The second kappa shape index (κ2) is 6.95. The number of rotatable bonds is 6. The molecule has 138 valence electrons. The number of carbonyl (C=O) groups is 1. The van der Waals surface area contributed by atoms with Crippen LogP contribution in [0.5, 0.6) is 0 Å². The summed E-state index contributed by atoms with van der Waals surface area (Å²) in [5, 5.41) is 7.56. The van der Waals surface area contributed by atoms with Crippen molar-refractivity contribution in [2.45, 2.75) is 44.0 Å². The van der Waals surface area contributed by atoms with E-state index in [2.05, 4.69) is 15.4 Å². The first-order valence-corrected chi connectivity index (χ1v) is 8.97. The van der Waals surface area contributed by atoms with Gasteiger partial charge in [0.25, 0.3) is 5.91 Å². The number of hydrogen-bond donors (Lipinski definition) is 2. The van der Waals surface area contributed by atoms with Gasteiger partial charge in [-0.3, -0.25) is 9.48 Å². The van der Waals surface area contributed by atoms with Gasteiger partial charge in [0, 0.05) is 32.1 Å². The van der Waals surface area contributed by atoms with Crippen molar-refractivity contribution in [1.29, 1.82) is 0 Å².